The van der Waals surface area contributed by atoms with Gasteiger partial charge < -0.3 is 5.32 Å². The molecular weight excluding hydrogens is 176 g/mol. The van der Waals surface area contributed by atoms with E-state index in [1.807, 2.05) is 11.7 Å². The van der Waals surface area contributed by atoms with E-state index in [-0.39, 0.29) is 0 Å². The molecule has 0 aromatic carbocycles. The third-order valence-corrected chi connectivity index (χ3v) is 2.30. The summed E-state index contributed by atoms with van der Waals surface area (Å²) in [7, 11) is 1.93. The van der Waals surface area contributed by atoms with E-state index >= 15 is 0 Å². The Morgan fingerprint density at radius 2 is 2.36 bits per heavy atom. The number of hydrogen-bond acceptors (Lipinski definition) is 3. The monoisotopic (exact) mass is 196 g/mol. The fraction of sp³-hybridized carbons (Fsp3) is 0.800. The summed E-state index contributed by atoms with van der Waals surface area (Å²) in [6, 6.07) is 0. The fourth-order valence-electron chi connectivity index (χ4n) is 1.61. The van der Waals surface area contributed by atoms with Crippen molar-refractivity contribution >= 4 is 0 Å². The van der Waals surface area contributed by atoms with E-state index in [1.165, 1.54) is 12.8 Å². The van der Waals surface area contributed by atoms with Crippen molar-refractivity contribution in [2.24, 2.45) is 5.92 Å². The fourth-order valence-corrected chi connectivity index (χ4v) is 1.61. The van der Waals surface area contributed by atoms with Crippen molar-refractivity contribution in [2.75, 3.05) is 7.05 Å². The Labute approximate surface area is 85.7 Å². The zero-order valence-electron chi connectivity index (χ0n) is 9.32. The lowest BCUT2D eigenvalue weighted by Crippen LogP contribution is -2.16. The van der Waals surface area contributed by atoms with Gasteiger partial charge in [-0.2, -0.15) is 5.10 Å². The molecule has 0 spiro atoms. The summed E-state index contributed by atoms with van der Waals surface area (Å²) in [5.74, 6) is 1.70. The second-order valence-electron chi connectivity index (χ2n) is 3.78. The number of nitrogens with one attached hydrogen (secondary N) is 1. The molecule has 4 heteroatoms. The topological polar surface area (TPSA) is 42.7 Å². The minimum absolute atomic E-state index is 0.678. The van der Waals surface area contributed by atoms with Crippen molar-refractivity contribution in [2.45, 2.75) is 39.8 Å². The molecule has 80 valence electrons. The van der Waals surface area contributed by atoms with Crippen molar-refractivity contribution in [3.63, 3.8) is 0 Å². The smallest absolute Gasteiger partial charge is 0.140 e. The molecule has 0 aliphatic heterocycles. The van der Waals surface area contributed by atoms with Crippen molar-refractivity contribution in [3.05, 3.63) is 12.2 Å². The minimum Gasteiger partial charge on any atom is -0.313 e. The quantitative estimate of drug-likeness (QED) is 0.748. The maximum atomic E-state index is 4.22. The van der Waals surface area contributed by atoms with E-state index in [0.29, 0.717) is 5.92 Å². The van der Waals surface area contributed by atoms with Gasteiger partial charge in [0, 0.05) is 6.54 Å². The van der Waals surface area contributed by atoms with Gasteiger partial charge in [0.2, 0.25) is 0 Å². The summed E-state index contributed by atoms with van der Waals surface area (Å²) in [6.45, 7) is 6.24. The van der Waals surface area contributed by atoms with Crippen LogP contribution in [0.3, 0.4) is 0 Å². The van der Waals surface area contributed by atoms with Crippen molar-refractivity contribution in [1.82, 2.24) is 20.1 Å². The van der Waals surface area contributed by atoms with Gasteiger partial charge in [0.15, 0.2) is 0 Å². The molecule has 1 heterocycles. The van der Waals surface area contributed by atoms with Gasteiger partial charge in [0.25, 0.3) is 0 Å². The number of nitrogens with zero attached hydrogens (tertiary/aromatic N) is 3. The Bertz CT molecular complexity index is 256. The van der Waals surface area contributed by atoms with Crippen molar-refractivity contribution < 1.29 is 0 Å². The van der Waals surface area contributed by atoms with Crippen molar-refractivity contribution in [3.8, 4) is 0 Å². The van der Waals surface area contributed by atoms with Gasteiger partial charge in [-0.15, -0.1) is 0 Å². The second-order valence-corrected chi connectivity index (χ2v) is 3.78. The van der Waals surface area contributed by atoms with Crippen LogP contribution in [0.5, 0.6) is 0 Å². The number of aromatic nitrogens is 3. The Morgan fingerprint density at radius 1 is 1.57 bits per heavy atom. The van der Waals surface area contributed by atoms with Gasteiger partial charge in [-0.05, 0) is 19.4 Å². The molecule has 1 atom stereocenters. The maximum Gasteiger partial charge on any atom is 0.140 e. The lowest BCUT2D eigenvalue weighted by atomic mass is 10.1. The SMILES string of the molecule is CCCC(C)Cn1ncnc1CNC. The van der Waals surface area contributed by atoms with E-state index in [9.17, 15) is 0 Å². The van der Waals surface area contributed by atoms with Crippen LogP contribution in [0.4, 0.5) is 0 Å². The van der Waals surface area contributed by atoms with Gasteiger partial charge >= 0.3 is 0 Å². The maximum absolute atomic E-state index is 4.22. The second kappa shape index (κ2) is 5.75. The molecule has 0 aliphatic carbocycles. The molecule has 1 unspecified atom stereocenters. The lowest BCUT2D eigenvalue weighted by Gasteiger charge is -2.11. The predicted octanol–water partition coefficient (Wildman–Crippen LogP) is 1.43. The molecule has 0 aliphatic rings. The highest BCUT2D eigenvalue weighted by Gasteiger charge is 2.07. The molecule has 0 radical (unpaired) electrons. The summed E-state index contributed by atoms with van der Waals surface area (Å²) in [5, 5.41) is 7.31. The Morgan fingerprint density at radius 3 is 3.00 bits per heavy atom. The highest BCUT2D eigenvalue weighted by atomic mass is 15.3. The van der Waals surface area contributed by atoms with E-state index in [0.717, 1.165) is 18.9 Å². The normalized spacial score (nSPS) is 13.1. The first-order valence-electron chi connectivity index (χ1n) is 5.29. The molecular formula is C10H20N4. The third kappa shape index (κ3) is 3.10. The molecule has 1 aromatic heterocycles. The average Bonchev–Trinajstić information content (AvgIpc) is 2.54. The van der Waals surface area contributed by atoms with Crippen LogP contribution in [0.1, 0.15) is 32.5 Å². The average molecular weight is 196 g/mol. The largest absolute Gasteiger partial charge is 0.313 e. The summed E-state index contributed by atoms with van der Waals surface area (Å²) in [5.41, 5.74) is 0. The van der Waals surface area contributed by atoms with E-state index < -0.39 is 0 Å². The first kappa shape index (κ1) is 11.2. The summed E-state index contributed by atoms with van der Waals surface area (Å²) < 4.78 is 2.00. The minimum atomic E-state index is 0.678. The highest BCUT2D eigenvalue weighted by molar-refractivity contribution is 4.83. The van der Waals surface area contributed by atoms with Crippen LogP contribution >= 0.6 is 0 Å². The van der Waals surface area contributed by atoms with Crippen LogP contribution in [0, 0.1) is 5.92 Å². The Balaban J connectivity index is 2.52. The Hall–Kier alpha value is -0.900. The van der Waals surface area contributed by atoms with Gasteiger partial charge in [-0.3, -0.25) is 0 Å². The lowest BCUT2D eigenvalue weighted by molar-refractivity contribution is 0.407. The molecule has 1 rings (SSSR count). The predicted molar refractivity (Wildman–Crippen MR) is 56.9 cm³/mol. The zero-order chi connectivity index (χ0) is 10.4. The zero-order valence-corrected chi connectivity index (χ0v) is 9.32. The molecule has 1 N–H and O–H groups in total. The first-order valence-corrected chi connectivity index (χ1v) is 5.29. The highest BCUT2D eigenvalue weighted by Crippen LogP contribution is 2.08. The molecule has 4 nitrogen and oxygen atoms in total. The standard InChI is InChI=1S/C10H20N4/c1-4-5-9(2)7-14-10(6-11-3)12-8-13-14/h8-9,11H,4-7H2,1-3H3. The number of rotatable bonds is 6. The van der Waals surface area contributed by atoms with Gasteiger partial charge in [0.05, 0.1) is 6.54 Å². The van der Waals surface area contributed by atoms with Crippen LogP contribution in [0.25, 0.3) is 0 Å². The molecule has 0 amide bonds. The first-order chi connectivity index (χ1) is 6.77. The van der Waals surface area contributed by atoms with Gasteiger partial charge in [-0.1, -0.05) is 20.3 Å². The molecule has 0 saturated carbocycles. The van der Waals surface area contributed by atoms with Crippen LogP contribution in [-0.2, 0) is 13.1 Å². The van der Waals surface area contributed by atoms with Crippen LogP contribution in [0.2, 0.25) is 0 Å². The number of hydrogen-bond donors (Lipinski definition) is 1. The van der Waals surface area contributed by atoms with E-state index in [2.05, 4.69) is 29.2 Å². The summed E-state index contributed by atoms with van der Waals surface area (Å²) in [4.78, 5) is 4.21. The van der Waals surface area contributed by atoms with Crippen molar-refractivity contribution in [1.29, 1.82) is 0 Å². The molecule has 0 saturated heterocycles. The molecule has 0 fully saturated rings. The Kier molecular flexibility index (Phi) is 4.59. The van der Waals surface area contributed by atoms with E-state index in [4.69, 9.17) is 0 Å². The summed E-state index contributed by atoms with van der Waals surface area (Å²) in [6.07, 6.45) is 4.11. The molecule has 0 bridgehead atoms. The van der Waals surface area contributed by atoms with Crippen LogP contribution in [0.15, 0.2) is 6.33 Å². The van der Waals surface area contributed by atoms with E-state index in [1.54, 1.807) is 6.33 Å². The van der Waals surface area contributed by atoms with Gasteiger partial charge in [0.1, 0.15) is 12.2 Å². The molecule has 1 aromatic rings. The summed E-state index contributed by atoms with van der Waals surface area (Å²) >= 11 is 0. The van der Waals surface area contributed by atoms with Gasteiger partial charge in [-0.25, -0.2) is 9.67 Å². The third-order valence-electron chi connectivity index (χ3n) is 2.30. The molecule has 14 heavy (non-hydrogen) atoms. The van der Waals surface area contributed by atoms with Crippen LogP contribution in [-0.4, -0.2) is 21.8 Å². The van der Waals surface area contributed by atoms with Crippen LogP contribution < -0.4 is 5.32 Å².